The van der Waals surface area contributed by atoms with Crippen LogP contribution in [0.2, 0.25) is 0 Å². The first kappa shape index (κ1) is 23.3. The van der Waals surface area contributed by atoms with E-state index < -0.39 is 10.0 Å². The standard InChI is InChI=1S/C25H38N4O3S/c1-19-24(25(30)27-13-6-3-7-14-27)23-18-21(12-17-29(23)26-19)20-10-15-28(16-11-20)33(31,32)22-8-4-2-5-9-22/h2,4-5,8-9,19-21,23-24,26H,3,6-7,10-18H2,1H3. The number of nitrogens with one attached hydrogen (secondary N) is 1. The summed E-state index contributed by atoms with van der Waals surface area (Å²) in [5, 5.41) is 2.34. The summed E-state index contributed by atoms with van der Waals surface area (Å²) < 4.78 is 27.6. The number of amides is 1. The quantitative estimate of drug-likeness (QED) is 0.727. The van der Waals surface area contributed by atoms with E-state index in [-0.39, 0.29) is 18.0 Å². The van der Waals surface area contributed by atoms with Gasteiger partial charge in [0.05, 0.1) is 10.8 Å². The summed E-state index contributed by atoms with van der Waals surface area (Å²) in [5.74, 6) is 1.48. The summed E-state index contributed by atoms with van der Waals surface area (Å²) in [6, 6.07) is 9.23. The van der Waals surface area contributed by atoms with Gasteiger partial charge in [-0.15, -0.1) is 0 Å². The Morgan fingerprint density at radius 1 is 0.909 bits per heavy atom. The van der Waals surface area contributed by atoms with E-state index in [2.05, 4.69) is 22.3 Å². The van der Waals surface area contributed by atoms with Crippen molar-refractivity contribution in [1.29, 1.82) is 0 Å². The minimum atomic E-state index is -3.41. The molecule has 4 atom stereocenters. The maximum Gasteiger partial charge on any atom is 0.243 e. The van der Waals surface area contributed by atoms with Crippen LogP contribution in [0.15, 0.2) is 35.2 Å². The molecule has 7 nitrogen and oxygen atoms in total. The van der Waals surface area contributed by atoms with Gasteiger partial charge in [-0.25, -0.2) is 13.4 Å². The summed E-state index contributed by atoms with van der Waals surface area (Å²) >= 11 is 0. The molecule has 4 aliphatic heterocycles. The molecule has 8 heteroatoms. The summed E-state index contributed by atoms with van der Waals surface area (Å²) in [6.07, 6.45) is 7.48. The van der Waals surface area contributed by atoms with Crippen molar-refractivity contribution >= 4 is 15.9 Å². The maximum absolute atomic E-state index is 13.4. The largest absolute Gasteiger partial charge is 0.342 e. The van der Waals surface area contributed by atoms with E-state index in [1.165, 1.54) is 6.42 Å². The number of nitrogens with zero attached hydrogens (tertiary/aromatic N) is 3. The van der Waals surface area contributed by atoms with Crippen molar-refractivity contribution in [3.05, 3.63) is 30.3 Å². The average molecular weight is 475 g/mol. The second kappa shape index (κ2) is 9.64. The number of hydrazine groups is 1. The Morgan fingerprint density at radius 3 is 2.27 bits per heavy atom. The Labute approximate surface area is 198 Å². The number of hydrogen-bond acceptors (Lipinski definition) is 5. The van der Waals surface area contributed by atoms with E-state index in [0.29, 0.717) is 35.7 Å². The van der Waals surface area contributed by atoms with E-state index in [0.717, 1.165) is 58.2 Å². The number of piperidine rings is 3. The predicted octanol–water partition coefficient (Wildman–Crippen LogP) is 2.70. The first-order valence-electron chi connectivity index (χ1n) is 12.8. The maximum atomic E-state index is 13.4. The topological polar surface area (TPSA) is 73.0 Å². The predicted molar refractivity (Wildman–Crippen MR) is 128 cm³/mol. The molecule has 4 aliphatic rings. The fourth-order valence-electron chi connectivity index (χ4n) is 6.66. The molecule has 182 valence electrons. The van der Waals surface area contributed by atoms with E-state index in [1.807, 2.05) is 6.07 Å². The number of likely N-dealkylation sites (tertiary alicyclic amines) is 1. The summed E-state index contributed by atoms with van der Waals surface area (Å²) in [7, 11) is -3.41. The fraction of sp³-hybridized carbons (Fsp3) is 0.720. The van der Waals surface area contributed by atoms with E-state index in [4.69, 9.17) is 0 Å². The summed E-state index contributed by atoms with van der Waals surface area (Å²) in [6.45, 7) is 6.15. The highest BCUT2D eigenvalue weighted by Crippen LogP contribution is 2.40. The third-order valence-corrected chi connectivity index (χ3v) is 10.4. The molecule has 0 aliphatic carbocycles. The van der Waals surface area contributed by atoms with Gasteiger partial charge in [-0.3, -0.25) is 10.2 Å². The zero-order valence-electron chi connectivity index (χ0n) is 19.7. The molecule has 4 saturated heterocycles. The number of fused-ring (bicyclic) bond motifs is 1. The van der Waals surface area contributed by atoms with Gasteiger partial charge in [0.15, 0.2) is 0 Å². The van der Waals surface area contributed by atoms with Gasteiger partial charge in [0.25, 0.3) is 0 Å². The van der Waals surface area contributed by atoms with Gasteiger partial charge in [0.2, 0.25) is 15.9 Å². The highest BCUT2D eigenvalue weighted by atomic mass is 32.2. The van der Waals surface area contributed by atoms with Crippen LogP contribution in [0.3, 0.4) is 0 Å². The average Bonchev–Trinajstić information content (AvgIpc) is 3.19. The van der Waals surface area contributed by atoms with Gasteiger partial charge in [-0.2, -0.15) is 4.31 Å². The monoisotopic (exact) mass is 474 g/mol. The number of carbonyl (C=O) groups is 1. The highest BCUT2D eigenvalue weighted by Gasteiger charge is 2.48. The van der Waals surface area contributed by atoms with Gasteiger partial charge in [-0.05, 0) is 75.8 Å². The van der Waals surface area contributed by atoms with Crippen LogP contribution < -0.4 is 5.43 Å². The normalized spacial score (nSPS) is 32.6. The van der Waals surface area contributed by atoms with Crippen LogP contribution in [0.4, 0.5) is 0 Å². The Bertz CT molecular complexity index is 926. The molecule has 33 heavy (non-hydrogen) atoms. The lowest BCUT2D eigenvalue weighted by Crippen LogP contribution is -2.50. The fourth-order valence-corrected chi connectivity index (χ4v) is 8.15. The van der Waals surface area contributed by atoms with Crippen LogP contribution in [-0.2, 0) is 14.8 Å². The molecule has 0 saturated carbocycles. The van der Waals surface area contributed by atoms with Crippen molar-refractivity contribution < 1.29 is 13.2 Å². The van der Waals surface area contributed by atoms with Crippen LogP contribution in [0.25, 0.3) is 0 Å². The van der Waals surface area contributed by atoms with Crippen LogP contribution in [0.5, 0.6) is 0 Å². The van der Waals surface area contributed by atoms with Crippen molar-refractivity contribution in [1.82, 2.24) is 19.6 Å². The van der Waals surface area contributed by atoms with E-state index >= 15 is 0 Å². The summed E-state index contributed by atoms with van der Waals surface area (Å²) in [4.78, 5) is 15.9. The minimum Gasteiger partial charge on any atom is -0.342 e. The second-order valence-corrected chi connectivity index (χ2v) is 12.4. The molecule has 1 aromatic carbocycles. The van der Waals surface area contributed by atoms with E-state index in [9.17, 15) is 13.2 Å². The number of benzene rings is 1. The van der Waals surface area contributed by atoms with Crippen molar-refractivity contribution in [3.8, 4) is 0 Å². The molecule has 5 rings (SSSR count). The molecule has 1 aromatic rings. The van der Waals surface area contributed by atoms with Crippen LogP contribution in [0.1, 0.15) is 51.9 Å². The molecule has 1 amide bonds. The first-order chi connectivity index (χ1) is 15.9. The van der Waals surface area contributed by atoms with Gasteiger partial charge < -0.3 is 4.90 Å². The molecular weight excluding hydrogens is 436 g/mol. The molecule has 1 N–H and O–H groups in total. The Morgan fingerprint density at radius 2 is 1.58 bits per heavy atom. The van der Waals surface area contributed by atoms with Crippen LogP contribution in [-0.4, -0.2) is 73.3 Å². The van der Waals surface area contributed by atoms with Crippen LogP contribution >= 0.6 is 0 Å². The van der Waals surface area contributed by atoms with E-state index in [1.54, 1.807) is 28.6 Å². The molecule has 4 heterocycles. The lowest BCUT2D eigenvalue weighted by Gasteiger charge is -2.42. The SMILES string of the molecule is CC1NN2CCC(C3CCN(S(=O)(=O)c4ccccc4)CC3)CC2C1C(=O)N1CCCCC1. The minimum absolute atomic E-state index is 0.0319. The lowest BCUT2D eigenvalue weighted by molar-refractivity contribution is -0.138. The van der Waals surface area contributed by atoms with Crippen molar-refractivity contribution in [2.75, 3.05) is 32.7 Å². The third-order valence-electron chi connectivity index (χ3n) is 8.51. The number of rotatable bonds is 4. The zero-order chi connectivity index (χ0) is 23.0. The molecule has 0 aromatic heterocycles. The Balaban J connectivity index is 1.22. The molecule has 4 fully saturated rings. The molecular formula is C25H38N4O3S. The lowest BCUT2D eigenvalue weighted by atomic mass is 9.74. The molecule has 4 unspecified atom stereocenters. The van der Waals surface area contributed by atoms with Crippen molar-refractivity contribution in [3.63, 3.8) is 0 Å². The van der Waals surface area contributed by atoms with Crippen molar-refractivity contribution in [2.45, 2.75) is 68.8 Å². The smallest absolute Gasteiger partial charge is 0.243 e. The van der Waals surface area contributed by atoms with Gasteiger partial charge >= 0.3 is 0 Å². The highest BCUT2D eigenvalue weighted by molar-refractivity contribution is 7.89. The Hall–Kier alpha value is -1.48. The second-order valence-electron chi connectivity index (χ2n) is 10.4. The van der Waals surface area contributed by atoms with Gasteiger partial charge in [0.1, 0.15) is 0 Å². The Kier molecular flexibility index (Phi) is 6.80. The number of carbonyl (C=O) groups excluding carboxylic acids is 1. The number of sulfonamides is 1. The zero-order valence-corrected chi connectivity index (χ0v) is 20.5. The van der Waals surface area contributed by atoms with Gasteiger partial charge in [0, 0.05) is 44.8 Å². The molecule has 0 spiro atoms. The van der Waals surface area contributed by atoms with Crippen molar-refractivity contribution in [2.24, 2.45) is 17.8 Å². The first-order valence-corrected chi connectivity index (χ1v) is 14.3. The molecule has 0 radical (unpaired) electrons. The summed E-state index contributed by atoms with van der Waals surface area (Å²) in [5.41, 5.74) is 3.59. The molecule has 0 bridgehead atoms. The van der Waals surface area contributed by atoms with Crippen LogP contribution in [0, 0.1) is 17.8 Å². The number of hydrogen-bond donors (Lipinski definition) is 1. The van der Waals surface area contributed by atoms with Gasteiger partial charge in [-0.1, -0.05) is 18.2 Å². The third kappa shape index (κ3) is 4.59.